The van der Waals surface area contributed by atoms with Crippen molar-refractivity contribution in [1.29, 1.82) is 0 Å². The number of fused-ring (bicyclic) bond motifs is 1. The van der Waals surface area contributed by atoms with Crippen LogP contribution in [0.15, 0.2) is 58.9 Å². The summed E-state index contributed by atoms with van der Waals surface area (Å²) in [4.78, 5) is 29.8. The second-order valence-corrected chi connectivity index (χ2v) is 8.64. The Morgan fingerprint density at radius 1 is 1.11 bits per heavy atom. The van der Waals surface area contributed by atoms with Gasteiger partial charge in [0.15, 0.2) is 0 Å². The molecule has 1 saturated heterocycles. The maximum absolute atomic E-state index is 10.9. The third-order valence-corrected chi connectivity index (χ3v) is 6.20. The Labute approximate surface area is 213 Å². The molecule has 11 nitrogen and oxygen atoms in total. The Morgan fingerprint density at radius 3 is 2.81 bits per heavy atom. The molecule has 1 fully saturated rings. The van der Waals surface area contributed by atoms with Crippen LogP contribution in [-0.2, 0) is 6.42 Å². The van der Waals surface area contributed by atoms with Crippen molar-refractivity contribution in [3.63, 3.8) is 0 Å². The fraction of sp³-hybridized carbons (Fsp3) is 0.308. The summed E-state index contributed by atoms with van der Waals surface area (Å²) in [7, 11) is 1.51. The largest absolute Gasteiger partial charge is 0.494 e. The van der Waals surface area contributed by atoms with Gasteiger partial charge < -0.3 is 19.4 Å². The average molecular weight is 501 g/mol. The predicted octanol–water partition coefficient (Wildman–Crippen LogP) is 4.82. The number of methoxy groups -OCH3 is 1. The fourth-order valence-electron chi connectivity index (χ4n) is 4.27. The fourth-order valence-corrected chi connectivity index (χ4v) is 4.27. The molecule has 37 heavy (non-hydrogen) atoms. The summed E-state index contributed by atoms with van der Waals surface area (Å²) in [6, 6.07) is 13.5. The first-order valence-corrected chi connectivity index (χ1v) is 12.2. The van der Waals surface area contributed by atoms with Crippen LogP contribution in [0, 0.1) is 4.91 Å². The van der Waals surface area contributed by atoms with Gasteiger partial charge in [0.2, 0.25) is 5.95 Å². The third kappa shape index (κ3) is 5.83. The lowest BCUT2D eigenvalue weighted by Gasteiger charge is -2.26. The highest BCUT2D eigenvalue weighted by Gasteiger charge is 2.17. The van der Waals surface area contributed by atoms with E-state index in [0.29, 0.717) is 30.7 Å². The number of anilines is 2. The number of nitrogens with one attached hydrogen (secondary N) is 2. The summed E-state index contributed by atoms with van der Waals surface area (Å²) < 4.78 is 11.1. The van der Waals surface area contributed by atoms with E-state index in [1.54, 1.807) is 18.3 Å². The number of H-pyrrole nitrogens is 1. The minimum absolute atomic E-state index is 0.221. The van der Waals surface area contributed by atoms with Gasteiger partial charge in [-0.25, -0.2) is 5.43 Å². The SMILES string of the molecule is COc1cc(CCOc2nc(N/N=C/c3c[nH]c4ccccc34)nc(N3CCCCC3)n2)ccc1N=O. The first-order chi connectivity index (χ1) is 18.2. The Balaban J connectivity index is 1.30. The normalized spacial score (nSPS) is 13.7. The molecule has 0 unspecified atom stereocenters. The number of aromatic amines is 1. The summed E-state index contributed by atoms with van der Waals surface area (Å²) in [6.45, 7) is 2.11. The van der Waals surface area contributed by atoms with Crippen molar-refractivity contribution in [2.45, 2.75) is 25.7 Å². The molecule has 1 aliphatic rings. The minimum Gasteiger partial charge on any atom is -0.494 e. The van der Waals surface area contributed by atoms with Crippen LogP contribution in [-0.4, -0.2) is 53.0 Å². The Hall–Kier alpha value is -4.54. The van der Waals surface area contributed by atoms with Gasteiger partial charge >= 0.3 is 6.01 Å². The highest BCUT2D eigenvalue weighted by atomic mass is 16.5. The lowest BCUT2D eigenvalue weighted by Crippen LogP contribution is -2.31. The summed E-state index contributed by atoms with van der Waals surface area (Å²) in [6.07, 6.45) is 7.60. The van der Waals surface area contributed by atoms with Gasteiger partial charge in [0.1, 0.15) is 11.4 Å². The zero-order valence-corrected chi connectivity index (χ0v) is 20.6. The van der Waals surface area contributed by atoms with Crippen LogP contribution in [0.3, 0.4) is 0 Å². The van der Waals surface area contributed by atoms with Crippen LogP contribution in [0.5, 0.6) is 11.8 Å². The van der Waals surface area contributed by atoms with E-state index in [4.69, 9.17) is 9.47 Å². The molecule has 1 aliphatic heterocycles. The van der Waals surface area contributed by atoms with E-state index >= 15 is 0 Å². The van der Waals surface area contributed by atoms with Crippen molar-refractivity contribution >= 4 is 34.7 Å². The third-order valence-electron chi connectivity index (χ3n) is 6.20. The molecular weight excluding hydrogens is 472 g/mol. The van der Waals surface area contributed by atoms with E-state index in [1.807, 2.05) is 36.5 Å². The van der Waals surface area contributed by atoms with Crippen LogP contribution < -0.4 is 19.8 Å². The number of nitrogens with zero attached hydrogens (tertiary/aromatic N) is 6. The number of piperidine rings is 1. The molecule has 190 valence electrons. The van der Waals surface area contributed by atoms with Crippen molar-refractivity contribution < 1.29 is 9.47 Å². The zero-order valence-electron chi connectivity index (χ0n) is 20.6. The molecule has 0 bridgehead atoms. The Morgan fingerprint density at radius 2 is 1.97 bits per heavy atom. The zero-order chi connectivity index (χ0) is 25.5. The van der Waals surface area contributed by atoms with Crippen molar-refractivity contribution in [2.24, 2.45) is 10.3 Å². The lowest BCUT2D eigenvalue weighted by atomic mass is 10.1. The van der Waals surface area contributed by atoms with Gasteiger partial charge in [-0.1, -0.05) is 24.3 Å². The molecule has 0 aliphatic carbocycles. The summed E-state index contributed by atoms with van der Waals surface area (Å²) in [5, 5.41) is 8.41. The van der Waals surface area contributed by atoms with Crippen LogP contribution in [0.25, 0.3) is 10.9 Å². The molecule has 2 N–H and O–H groups in total. The van der Waals surface area contributed by atoms with E-state index in [9.17, 15) is 4.91 Å². The molecular formula is C26H28N8O3. The van der Waals surface area contributed by atoms with E-state index in [0.717, 1.165) is 48.0 Å². The molecule has 5 rings (SSSR count). The number of rotatable bonds is 10. The monoisotopic (exact) mass is 500 g/mol. The molecule has 0 spiro atoms. The van der Waals surface area contributed by atoms with Gasteiger partial charge in [0, 0.05) is 42.2 Å². The van der Waals surface area contributed by atoms with Gasteiger partial charge in [-0.2, -0.15) is 20.1 Å². The first-order valence-electron chi connectivity index (χ1n) is 12.2. The Kier molecular flexibility index (Phi) is 7.49. The molecule has 4 aromatic rings. The van der Waals surface area contributed by atoms with E-state index in [1.165, 1.54) is 13.5 Å². The van der Waals surface area contributed by atoms with Crippen LogP contribution in [0.1, 0.15) is 30.4 Å². The summed E-state index contributed by atoms with van der Waals surface area (Å²) in [5.41, 5.74) is 6.14. The maximum atomic E-state index is 10.9. The van der Waals surface area contributed by atoms with E-state index in [2.05, 4.69) is 40.5 Å². The molecule has 2 aromatic carbocycles. The van der Waals surface area contributed by atoms with Gasteiger partial charge in [-0.3, -0.25) is 0 Å². The summed E-state index contributed by atoms with van der Waals surface area (Å²) >= 11 is 0. The van der Waals surface area contributed by atoms with Crippen LogP contribution >= 0.6 is 0 Å². The highest BCUT2D eigenvalue weighted by molar-refractivity contribution is 5.99. The number of aromatic nitrogens is 4. The average Bonchev–Trinajstić information content (AvgIpc) is 3.36. The maximum Gasteiger partial charge on any atom is 0.323 e. The minimum atomic E-state index is 0.221. The molecule has 11 heteroatoms. The number of hydrogen-bond acceptors (Lipinski definition) is 10. The number of nitroso groups, excluding NO2 is 1. The number of hydrogen-bond donors (Lipinski definition) is 2. The molecule has 3 heterocycles. The van der Waals surface area contributed by atoms with Crippen molar-refractivity contribution in [3.8, 4) is 11.8 Å². The van der Waals surface area contributed by atoms with Gasteiger partial charge in [-0.15, -0.1) is 4.91 Å². The quantitative estimate of drug-likeness (QED) is 0.180. The standard InChI is InChI=1S/C26H28N8O3/c1-36-23-15-18(9-10-22(23)33-35)11-14-37-26-30-24(29-25(31-26)34-12-5-2-6-13-34)32-28-17-19-16-27-21-8-4-3-7-20(19)21/h3-4,7-10,15-17,27H,2,5-6,11-14H2,1H3,(H,29,30,31,32)/b28-17+. The summed E-state index contributed by atoms with van der Waals surface area (Å²) in [5.74, 6) is 1.31. The molecule has 0 radical (unpaired) electrons. The van der Waals surface area contributed by atoms with Crippen LogP contribution in [0.4, 0.5) is 17.6 Å². The van der Waals surface area contributed by atoms with Gasteiger partial charge in [0.05, 0.1) is 19.9 Å². The topological polar surface area (TPSA) is 130 Å². The molecule has 0 atom stereocenters. The second kappa shape index (κ2) is 11.5. The lowest BCUT2D eigenvalue weighted by molar-refractivity contribution is 0.295. The number of benzene rings is 2. The smallest absolute Gasteiger partial charge is 0.323 e. The van der Waals surface area contributed by atoms with Gasteiger partial charge in [-0.05, 0) is 48.2 Å². The van der Waals surface area contributed by atoms with Crippen molar-refractivity contribution in [2.75, 3.05) is 37.1 Å². The molecule has 0 saturated carbocycles. The van der Waals surface area contributed by atoms with Crippen molar-refractivity contribution in [1.82, 2.24) is 19.9 Å². The Bertz CT molecular complexity index is 1400. The van der Waals surface area contributed by atoms with Crippen LogP contribution in [0.2, 0.25) is 0 Å². The predicted molar refractivity (Wildman–Crippen MR) is 143 cm³/mol. The number of ether oxygens (including phenoxy) is 2. The molecule has 2 aromatic heterocycles. The number of hydrazone groups is 1. The van der Waals surface area contributed by atoms with Crippen molar-refractivity contribution in [3.05, 3.63) is 64.7 Å². The van der Waals surface area contributed by atoms with E-state index < -0.39 is 0 Å². The number of para-hydroxylation sites is 1. The second-order valence-electron chi connectivity index (χ2n) is 8.64. The molecule has 0 amide bonds. The highest BCUT2D eigenvalue weighted by Crippen LogP contribution is 2.28. The first kappa shape index (κ1) is 24.2. The van der Waals surface area contributed by atoms with Gasteiger partial charge in [0.25, 0.3) is 5.95 Å². The van der Waals surface area contributed by atoms with E-state index in [-0.39, 0.29) is 11.7 Å².